The molecule has 8 heteroatoms. The van der Waals surface area contributed by atoms with Crippen LogP contribution in [0.4, 0.5) is 5.69 Å². The minimum atomic E-state index is -0.630. The Kier molecular flexibility index (Phi) is 5.15. The molecule has 8 nitrogen and oxygen atoms in total. The van der Waals surface area contributed by atoms with Gasteiger partial charge in [-0.3, -0.25) is 19.7 Å². The summed E-state index contributed by atoms with van der Waals surface area (Å²) in [7, 11) is 0. The number of hydrogen-bond acceptors (Lipinski definition) is 4. The van der Waals surface area contributed by atoms with Gasteiger partial charge in [0.1, 0.15) is 6.04 Å². The van der Waals surface area contributed by atoms with Crippen LogP contribution in [-0.4, -0.2) is 50.7 Å². The summed E-state index contributed by atoms with van der Waals surface area (Å²) < 4.78 is 0. The van der Waals surface area contributed by atoms with Crippen molar-refractivity contribution in [3.05, 3.63) is 75.5 Å². The first-order valence-electron chi connectivity index (χ1n) is 11.3. The van der Waals surface area contributed by atoms with Crippen molar-refractivity contribution in [2.75, 3.05) is 13.1 Å². The molecule has 0 radical (unpaired) electrons. The van der Waals surface area contributed by atoms with Crippen molar-refractivity contribution >= 4 is 28.4 Å². The highest BCUT2D eigenvalue weighted by molar-refractivity contribution is 5.97. The molecule has 1 aromatic heterocycles. The Hall–Kier alpha value is -3.68. The zero-order chi connectivity index (χ0) is 23.3. The highest BCUT2D eigenvalue weighted by Gasteiger charge is 2.48. The van der Waals surface area contributed by atoms with Crippen LogP contribution in [0, 0.1) is 16.0 Å². The number of nitro benzene ring substituents is 1. The molecule has 2 aromatic carbocycles. The summed E-state index contributed by atoms with van der Waals surface area (Å²) in [4.78, 5) is 44.8. The number of piperazine rings is 1. The Morgan fingerprint density at radius 2 is 1.94 bits per heavy atom. The molecule has 2 aliphatic rings. The Bertz CT molecular complexity index is 1260. The number of para-hydroxylation sites is 1. The van der Waals surface area contributed by atoms with E-state index in [0.29, 0.717) is 24.4 Å². The highest BCUT2D eigenvalue weighted by atomic mass is 16.6. The van der Waals surface area contributed by atoms with Gasteiger partial charge in [0, 0.05) is 41.7 Å². The Morgan fingerprint density at radius 3 is 2.70 bits per heavy atom. The number of benzene rings is 2. The molecule has 0 aliphatic carbocycles. The fourth-order valence-corrected chi connectivity index (χ4v) is 5.08. The fourth-order valence-electron chi connectivity index (χ4n) is 5.08. The van der Waals surface area contributed by atoms with Gasteiger partial charge in [0.25, 0.3) is 5.69 Å². The molecule has 2 aliphatic heterocycles. The summed E-state index contributed by atoms with van der Waals surface area (Å²) in [5.41, 5.74) is 3.33. The molecule has 1 saturated heterocycles. The average Bonchev–Trinajstić information content (AvgIpc) is 3.17. The molecule has 3 aromatic rings. The number of carbonyl (C=O) groups is 2. The van der Waals surface area contributed by atoms with Gasteiger partial charge in [-0.05, 0) is 29.5 Å². The second-order valence-electron chi connectivity index (χ2n) is 9.28. The SMILES string of the molecule is CC(C)CCN1CC(=O)N2C(c3cccc([N+](=O)[O-])c3)c3[nH]c4ccccc4c3C[C@H]2C1=O. The molecule has 33 heavy (non-hydrogen) atoms. The first-order chi connectivity index (χ1) is 15.8. The summed E-state index contributed by atoms with van der Waals surface area (Å²) in [5.74, 6) is 0.237. The molecule has 0 saturated carbocycles. The molecule has 0 spiro atoms. The van der Waals surface area contributed by atoms with Gasteiger partial charge in [-0.1, -0.05) is 44.2 Å². The number of nitrogens with zero attached hydrogens (tertiary/aromatic N) is 3. The van der Waals surface area contributed by atoms with Crippen LogP contribution in [0.3, 0.4) is 0 Å². The lowest BCUT2D eigenvalue weighted by Gasteiger charge is -2.47. The predicted molar refractivity (Wildman–Crippen MR) is 124 cm³/mol. The molecule has 170 valence electrons. The van der Waals surface area contributed by atoms with Crippen LogP contribution in [-0.2, 0) is 16.0 Å². The van der Waals surface area contributed by atoms with Gasteiger partial charge < -0.3 is 14.8 Å². The van der Waals surface area contributed by atoms with Crippen molar-refractivity contribution in [3.63, 3.8) is 0 Å². The predicted octanol–water partition coefficient (Wildman–Crippen LogP) is 3.81. The topological polar surface area (TPSA) is 99.5 Å². The van der Waals surface area contributed by atoms with Gasteiger partial charge >= 0.3 is 0 Å². The van der Waals surface area contributed by atoms with E-state index in [-0.39, 0.29) is 24.0 Å². The molecule has 0 bridgehead atoms. The monoisotopic (exact) mass is 446 g/mol. The first kappa shape index (κ1) is 21.2. The second-order valence-corrected chi connectivity index (χ2v) is 9.28. The standard InChI is InChI=1S/C25H26N4O4/c1-15(2)10-11-27-14-22(30)28-21(25(27)31)13-19-18-8-3-4-9-20(18)26-23(19)24(28)16-6-5-7-17(12-16)29(32)33/h3-9,12,15,21,24,26H,10-11,13-14H2,1-2H3/t21-,24?/m0/s1. The molecule has 2 atom stereocenters. The van der Waals surface area contributed by atoms with E-state index in [1.165, 1.54) is 12.1 Å². The summed E-state index contributed by atoms with van der Waals surface area (Å²) in [6, 6.07) is 13.0. The lowest BCUT2D eigenvalue weighted by molar-refractivity contribution is -0.384. The average molecular weight is 447 g/mol. The summed E-state index contributed by atoms with van der Waals surface area (Å²) >= 11 is 0. The van der Waals surface area contributed by atoms with Crippen molar-refractivity contribution in [1.29, 1.82) is 0 Å². The minimum absolute atomic E-state index is 0.0308. The van der Waals surface area contributed by atoms with E-state index in [1.807, 2.05) is 24.3 Å². The van der Waals surface area contributed by atoms with Crippen LogP contribution in [0.2, 0.25) is 0 Å². The van der Waals surface area contributed by atoms with Gasteiger partial charge in [0.05, 0.1) is 17.5 Å². The van der Waals surface area contributed by atoms with Crippen LogP contribution >= 0.6 is 0 Å². The second kappa shape index (κ2) is 8.03. The number of aromatic amines is 1. The number of aromatic nitrogens is 1. The van der Waals surface area contributed by atoms with Gasteiger partial charge in [-0.2, -0.15) is 0 Å². The number of nitrogens with one attached hydrogen (secondary N) is 1. The van der Waals surface area contributed by atoms with Crippen molar-refractivity contribution < 1.29 is 14.5 Å². The van der Waals surface area contributed by atoms with Gasteiger partial charge in [-0.15, -0.1) is 0 Å². The lowest BCUT2D eigenvalue weighted by Crippen LogP contribution is -2.63. The number of nitro groups is 1. The molecule has 1 fully saturated rings. The first-order valence-corrected chi connectivity index (χ1v) is 11.3. The van der Waals surface area contributed by atoms with Crippen LogP contribution in [0.25, 0.3) is 10.9 Å². The smallest absolute Gasteiger partial charge is 0.269 e. The molecular weight excluding hydrogens is 420 g/mol. The number of amides is 2. The van der Waals surface area contributed by atoms with E-state index in [2.05, 4.69) is 18.8 Å². The van der Waals surface area contributed by atoms with Crippen molar-refractivity contribution in [2.45, 2.75) is 38.8 Å². The maximum absolute atomic E-state index is 13.6. The van der Waals surface area contributed by atoms with Gasteiger partial charge in [0.2, 0.25) is 11.8 Å². The van der Waals surface area contributed by atoms with E-state index >= 15 is 0 Å². The third kappa shape index (κ3) is 3.55. The normalized spacial score (nSPS) is 20.3. The summed E-state index contributed by atoms with van der Waals surface area (Å²) in [6.07, 6.45) is 1.26. The minimum Gasteiger partial charge on any atom is -0.356 e. The number of carbonyl (C=O) groups excluding carboxylic acids is 2. The van der Waals surface area contributed by atoms with Crippen molar-refractivity contribution in [2.24, 2.45) is 5.92 Å². The van der Waals surface area contributed by atoms with Crippen molar-refractivity contribution in [1.82, 2.24) is 14.8 Å². The van der Waals surface area contributed by atoms with Crippen LogP contribution < -0.4 is 0 Å². The zero-order valence-electron chi connectivity index (χ0n) is 18.7. The van der Waals surface area contributed by atoms with Gasteiger partial charge in [0.15, 0.2) is 0 Å². The molecular formula is C25H26N4O4. The molecule has 1 N–H and O–H groups in total. The zero-order valence-corrected chi connectivity index (χ0v) is 18.7. The Morgan fingerprint density at radius 1 is 1.15 bits per heavy atom. The largest absolute Gasteiger partial charge is 0.356 e. The van der Waals surface area contributed by atoms with E-state index in [0.717, 1.165) is 28.6 Å². The molecule has 2 amide bonds. The number of fused-ring (bicyclic) bond motifs is 4. The Labute approximate surface area is 191 Å². The maximum atomic E-state index is 13.6. The number of non-ortho nitro benzene ring substituents is 1. The van der Waals surface area contributed by atoms with Gasteiger partial charge in [-0.25, -0.2) is 0 Å². The third-order valence-corrected chi connectivity index (χ3v) is 6.72. The molecule has 3 heterocycles. The number of H-pyrrole nitrogens is 1. The van der Waals surface area contributed by atoms with Crippen LogP contribution in [0.15, 0.2) is 48.5 Å². The maximum Gasteiger partial charge on any atom is 0.269 e. The highest BCUT2D eigenvalue weighted by Crippen LogP contribution is 2.43. The van der Waals surface area contributed by atoms with E-state index in [4.69, 9.17) is 0 Å². The van der Waals surface area contributed by atoms with Crippen LogP contribution in [0.5, 0.6) is 0 Å². The fraction of sp³-hybridized carbons (Fsp3) is 0.360. The van der Waals surface area contributed by atoms with Crippen molar-refractivity contribution in [3.8, 4) is 0 Å². The van der Waals surface area contributed by atoms with E-state index in [1.54, 1.807) is 21.9 Å². The summed E-state index contributed by atoms with van der Waals surface area (Å²) in [6.45, 7) is 4.78. The van der Waals surface area contributed by atoms with Crippen LogP contribution in [0.1, 0.15) is 43.1 Å². The number of rotatable bonds is 5. The Balaban J connectivity index is 1.65. The lowest BCUT2D eigenvalue weighted by atomic mass is 9.86. The summed E-state index contributed by atoms with van der Waals surface area (Å²) in [5, 5.41) is 12.5. The number of hydrogen-bond donors (Lipinski definition) is 1. The molecule has 1 unspecified atom stereocenters. The van der Waals surface area contributed by atoms with E-state index in [9.17, 15) is 19.7 Å². The molecule has 5 rings (SSSR count). The quantitative estimate of drug-likeness (QED) is 0.476. The third-order valence-electron chi connectivity index (χ3n) is 6.72. The van der Waals surface area contributed by atoms with E-state index < -0.39 is 17.0 Å².